The van der Waals surface area contributed by atoms with E-state index in [1.54, 1.807) is 7.11 Å². The summed E-state index contributed by atoms with van der Waals surface area (Å²) >= 11 is 1.35. The Kier molecular flexibility index (Phi) is 6.40. The Morgan fingerprint density at radius 2 is 2.15 bits per heavy atom. The molecule has 112 valence electrons. The lowest BCUT2D eigenvalue weighted by molar-refractivity contribution is -0.139. The first-order valence-electron chi connectivity index (χ1n) is 6.17. The van der Waals surface area contributed by atoms with Gasteiger partial charge in [0.05, 0.1) is 5.69 Å². The second kappa shape index (κ2) is 7.81. The van der Waals surface area contributed by atoms with Crippen LogP contribution in [0.5, 0.6) is 0 Å². The number of rotatable bonds is 7. The number of carbonyl (C=O) groups is 2. The van der Waals surface area contributed by atoms with Crippen molar-refractivity contribution in [3.63, 3.8) is 0 Å². The second-order valence-corrected chi connectivity index (χ2v) is 5.49. The van der Waals surface area contributed by atoms with E-state index in [0.717, 1.165) is 10.6 Å². The van der Waals surface area contributed by atoms with Gasteiger partial charge in [-0.3, -0.25) is 5.32 Å². The average Bonchev–Trinajstić information content (AvgIpc) is 2.66. The molecule has 1 aromatic rings. The molecule has 3 N–H and O–H groups in total. The van der Waals surface area contributed by atoms with Crippen molar-refractivity contribution >= 4 is 28.5 Å². The van der Waals surface area contributed by atoms with Crippen LogP contribution in [0.2, 0.25) is 0 Å². The molecular formula is C12H19N3O4S. The summed E-state index contributed by atoms with van der Waals surface area (Å²) in [6.45, 7) is 4.21. The summed E-state index contributed by atoms with van der Waals surface area (Å²) in [4.78, 5) is 27.9. The van der Waals surface area contributed by atoms with Crippen LogP contribution >= 0.6 is 11.3 Å². The van der Waals surface area contributed by atoms with Gasteiger partial charge in [0.2, 0.25) is 0 Å². The van der Waals surface area contributed by atoms with Crippen molar-refractivity contribution in [1.82, 2.24) is 10.3 Å². The lowest BCUT2D eigenvalue weighted by atomic mass is 10.1. The van der Waals surface area contributed by atoms with Crippen molar-refractivity contribution in [2.75, 3.05) is 19.0 Å². The molecule has 8 heteroatoms. The number of aryl methyl sites for hydroxylation is 2. The van der Waals surface area contributed by atoms with Crippen LogP contribution < -0.4 is 10.6 Å². The van der Waals surface area contributed by atoms with E-state index in [1.807, 2.05) is 13.8 Å². The van der Waals surface area contributed by atoms with E-state index in [4.69, 9.17) is 9.84 Å². The van der Waals surface area contributed by atoms with Crippen molar-refractivity contribution in [2.45, 2.75) is 32.7 Å². The fraction of sp³-hybridized carbons (Fsp3) is 0.583. The highest BCUT2D eigenvalue weighted by Gasteiger charge is 2.20. The van der Waals surface area contributed by atoms with E-state index in [0.29, 0.717) is 24.6 Å². The third kappa shape index (κ3) is 5.14. The van der Waals surface area contributed by atoms with E-state index in [1.165, 1.54) is 11.3 Å². The highest BCUT2D eigenvalue weighted by molar-refractivity contribution is 7.15. The quantitative estimate of drug-likeness (QED) is 0.666. The smallest absolute Gasteiger partial charge is 0.326 e. The Hall–Kier alpha value is -1.67. The van der Waals surface area contributed by atoms with E-state index >= 15 is 0 Å². The maximum Gasteiger partial charge on any atom is 0.326 e. The predicted octanol–water partition coefficient (Wildman–Crippen LogP) is 1.76. The highest BCUT2D eigenvalue weighted by Crippen LogP contribution is 2.20. The van der Waals surface area contributed by atoms with E-state index < -0.39 is 18.0 Å². The maximum absolute atomic E-state index is 11.7. The van der Waals surface area contributed by atoms with Gasteiger partial charge in [-0.25, -0.2) is 14.6 Å². The molecule has 0 fully saturated rings. The van der Waals surface area contributed by atoms with E-state index in [2.05, 4.69) is 15.6 Å². The maximum atomic E-state index is 11.7. The number of amides is 2. The third-order valence-corrected chi connectivity index (χ3v) is 3.68. The summed E-state index contributed by atoms with van der Waals surface area (Å²) in [6.07, 6.45) is 0.871. The Morgan fingerprint density at radius 3 is 2.65 bits per heavy atom. The molecule has 0 aromatic carbocycles. The van der Waals surface area contributed by atoms with Gasteiger partial charge in [-0.15, -0.1) is 11.3 Å². The zero-order valence-corrected chi connectivity index (χ0v) is 12.5. The molecule has 1 atom stereocenters. The fourth-order valence-electron chi connectivity index (χ4n) is 1.51. The molecule has 0 aliphatic heterocycles. The van der Waals surface area contributed by atoms with Gasteiger partial charge in [0.25, 0.3) is 0 Å². The van der Waals surface area contributed by atoms with Gasteiger partial charge < -0.3 is 15.2 Å². The molecule has 1 rings (SSSR count). The predicted molar refractivity (Wildman–Crippen MR) is 76.3 cm³/mol. The topological polar surface area (TPSA) is 101 Å². The Balaban J connectivity index is 2.51. The normalized spacial score (nSPS) is 11.9. The fourth-order valence-corrected chi connectivity index (χ4v) is 2.32. The average molecular weight is 301 g/mol. The lowest BCUT2D eigenvalue weighted by Crippen LogP contribution is -2.43. The molecule has 0 aliphatic carbocycles. The molecule has 0 saturated heterocycles. The number of aromatic nitrogens is 1. The van der Waals surface area contributed by atoms with Crippen molar-refractivity contribution in [2.24, 2.45) is 0 Å². The van der Waals surface area contributed by atoms with Crippen LogP contribution in [0.3, 0.4) is 0 Å². The molecule has 20 heavy (non-hydrogen) atoms. The standard InChI is InChI=1S/C12H19N3O4S/c1-7-8(2)20-12(13-7)15-11(18)14-9(10(16)17)5-4-6-19-3/h9H,4-6H2,1-3H3,(H,16,17)(H2,13,14,15,18). The van der Waals surface area contributed by atoms with Crippen molar-refractivity contribution in [1.29, 1.82) is 0 Å². The molecule has 1 heterocycles. The molecule has 0 saturated carbocycles. The van der Waals surface area contributed by atoms with Gasteiger partial charge in [0.1, 0.15) is 6.04 Å². The number of aliphatic carboxylic acids is 1. The van der Waals surface area contributed by atoms with Gasteiger partial charge in [-0.05, 0) is 26.7 Å². The number of anilines is 1. The van der Waals surface area contributed by atoms with Crippen LogP contribution in [0.15, 0.2) is 0 Å². The van der Waals surface area contributed by atoms with Gasteiger partial charge in [0, 0.05) is 18.6 Å². The lowest BCUT2D eigenvalue weighted by Gasteiger charge is -2.14. The Bertz CT molecular complexity index is 456. The third-order valence-electron chi connectivity index (χ3n) is 2.69. The van der Waals surface area contributed by atoms with Gasteiger partial charge >= 0.3 is 12.0 Å². The summed E-state index contributed by atoms with van der Waals surface area (Å²) in [5.74, 6) is -1.07. The number of hydrogen-bond acceptors (Lipinski definition) is 5. The number of carbonyl (C=O) groups excluding carboxylic acids is 1. The summed E-state index contributed by atoms with van der Waals surface area (Å²) < 4.78 is 4.86. The number of nitrogens with zero attached hydrogens (tertiary/aromatic N) is 1. The number of methoxy groups -OCH3 is 1. The number of ether oxygens (including phenoxy) is 1. The van der Waals surface area contributed by atoms with E-state index in [-0.39, 0.29) is 0 Å². The van der Waals surface area contributed by atoms with Crippen LogP contribution in [0, 0.1) is 13.8 Å². The Morgan fingerprint density at radius 1 is 1.45 bits per heavy atom. The second-order valence-electron chi connectivity index (χ2n) is 4.28. The number of carboxylic acid groups (broad SMARTS) is 1. The molecular weight excluding hydrogens is 282 g/mol. The highest BCUT2D eigenvalue weighted by atomic mass is 32.1. The minimum absolute atomic E-state index is 0.312. The van der Waals surface area contributed by atoms with Crippen LogP contribution in [-0.2, 0) is 9.53 Å². The summed E-state index contributed by atoms with van der Waals surface area (Å²) in [7, 11) is 1.54. The monoisotopic (exact) mass is 301 g/mol. The van der Waals surface area contributed by atoms with Crippen molar-refractivity contribution in [3.8, 4) is 0 Å². The first-order valence-corrected chi connectivity index (χ1v) is 6.99. The number of thiazole rings is 1. The molecule has 1 unspecified atom stereocenters. The zero-order chi connectivity index (χ0) is 15.1. The minimum atomic E-state index is -1.07. The first kappa shape index (κ1) is 16.4. The van der Waals surface area contributed by atoms with Crippen LogP contribution in [-0.4, -0.2) is 41.8 Å². The SMILES string of the molecule is COCCCC(NC(=O)Nc1nc(C)c(C)s1)C(=O)O. The molecule has 2 amide bonds. The Labute approximate surface area is 121 Å². The molecule has 1 aromatic heterocycles. The molecule has 0 radical (unpaired) electrons. The summed E-state index contributed by atoms with van der Waals surface area (Å²) in [6, 6.07) is -1.50. The van der Waals surface area contributed by atoms with Crippen molar-refractivity contribution in [3.05, 3.63) is 10.6 Å². The van der Waals surface area contributed by atoms with Gasteiger partial charge in [-0.2, -0.15) is 0 Å². The largest absolute Gasteiger partial charge is 0.480 e. The van der Waals surface area contributed by atoms with E-state index in [9.17, 15) is 9.59 Å². The summed E-state index contributed by atoms with van der Waals surface area (Å²) in [5.41, 5.74) is 0.847. The number of hydrogen-bond donors (Lipinski definition) is 3. The molecule has 7 nitrogen and oxygen atoms in total. The first-order chi connectivity index (χ1) is 9.43. The minimum Gasteiger partial charge on any atom is -0.480 e. The van der Waals surface area contributed by atoms with Gasteiger partial charge in [-0.1, -0.05) is 0 Å². The van der Waals surface area contributed by atoms with Crippen molar-refractivity contribution < 1.29 is 19.4 Å². The zero-order valence-electron chi connectivity index (χ0n) is 11.7. The molecule has 0 spiro atoms. The van der Waals surface area contributed by atoms with Crippen LogP contribution in [0.25, 0.3) is 0 Å². The number of carboxylic acids is 1. The van der Waals surface area contributed by atoms with Crippen LogP contribution in [0.1, 0.15) is 23.4 Å². The number of nitrogens with one attached hydrogen (secondary N) is 2. The molecule has 0 bridgehead atoms. The van der Waals surface area contributed by atoms with Crippen LogP contribution in [0.4, 0.5) is 9.93 Å². The number of urea groups is 1. The molecule has 0 aliphatic rings. The summed E-state index contributed by atoms with van der Waals surface area (Å²) in [5, 5.41) is 14.5. The van der Waals surface area contributed by atoms with Gasteiger partial charge in [0.15, 0.2) is 5.13 Å².